The molecule has 1 aliphatic rings. The quantitative estimate of drug-likeness (QED) is 0.641. The number of piperazine rings is 1. The number of nitro benzene ring substituents is 1. The standard InChI is InChI=1S/C13H15N3O4/c1-8-3-4-10(16(19)20)7-11(8)13(18)15-6-5-14-12(17)9(15)2/h3-4,7,9H,5-6H2,1-2H3,(H,14,17). The third-order valence-electron chi connectivity index (χ3n) is 3.42. The molecule has 1 aromatic carbocycles. The Hall–Kier alpha value is -2.44. The minimum atomic E-state index is -0.574. The maximum absolute atomic E-state index is 12.5. The van der Waals surface area contributed by atoms with Gasteiger partial charge in [-0.15, -0.1) is 0 Å². The summed E-state index contributed by atoms with van der Waals surface area (Å²) < 4.78 is 0. The highest BCUT2D eigenvalue weighted by atomic mass is 16.6. The van der Waals surface area contributed by atoms with Crippen molar-refractivity contribution in [2.75, 3.05) is 13.1 Å². The van der Waals surface area contributed by atoms with Crippen molar-refractivity contribution in [1.29, 1.82) is 0 Å². The van der Waals surface area contributed by atoms with Crippen LogP contribution in [0.15, 0.2) is 18.2 Å². The number of hydrogen-bond donors (Lipinski definition) is 1. The molecule has 1 unspecified atom stereocenters. The predicted molar refractivity (Wildman–Crippen MR) is 71.3 cm³/mol. The Labute approximate surface area is 115 Å². The zero-order chi connectivity index (χ0) is 14.9. The lowest BCUT2D eigenvalue weighted by molar-refractivity contribution is -0.384. The lowest BCUT2D eigenvalue weighted by Gasteiger charge is -2.33. The molecule has 1 atom stereocenters. The lowest BCUT2D eigenvalue weighted by Crippen LogP contribution is -2.55. The zero-order valence-corrected chi connectivity index (χ0v) is 11.3. The Morgan fingerprint density at radius 2 is 2.20 bits per heavy atom. The Bertz CT molecular complexity index is 585. The van der Waals surface area contributed by atoms with Crippen molar-refractivity contribution in [2.24, 2.45) is 0 Å². The van der Waals surface area contributed by atoms with Crippen LogP contribution in [0.1, 0.15) is 22.8 Å². The Morgan fingerprint density at radius 3 is 2.85 bits per heavy atom. The second-order valence-electron chi connectivity index (χ2n) is 4.72. The summed E-state index contributed by atoms with van der Waals surface area (Å²) in [5.74, 6) is -0.568. The fraction of sp³-hybridized carbons (Fsp3) is 0.385. The van der Waals surface area contributed by atoms with E-state index in [1.807, 2.05) is 0 Å². The Morgan fingerprint density at radius 1 is 1.50 bits per heavy atom. The van der Waals surface area contributed by atoms with Crippen molar-refractivity contribution < 1.29 is 14.5 Å². The SMILES string of the molecule is Cc1ccc([N+](=O)[O-])cc1C(=O)N1CCNC(=O)C1C. The van der Waals surface area contributed by atoms with Gasteiger partial charge in [-0.3, -0.25) is 19.7 Å². The molecule has 20 heavy (non-hydrogen) atoms. The maximum atomic E-state index is 12.5. The van der Waals surface area contributed by atoms with E-state index in [1.54, 1.807) is 19.9 Å². The molecule has 7 heteroatoms. The second kappa shape index (κ2) is 5.28. The van der Waals surface area contributed by atoms with Crippen LogP contribution in [0.25, 0.3) is 0 Å². The number of nitro groups is 1. The first-order valence-electron chi connectivity index (χ1n) is 6.25. The molecule has 1 aliphatic heterocycles. The van der Waals surface area contributed by atoms with Crippen LogP contribution in [-0.4, -0.2) is 40.8 Å². The zero-order valence-electron chi connectivity index (χ0n) is 11.3. The highest BCUT2D eigenvalue weighted by Gasteiger charge is 2.31. The van der Waals surface area contributed by atoms with E-state index in [2.05, 4.69) is 5.32 Å². The summed E-state index contributed by atoms with van der Waals surface area (Å²) in [4.78, 5) is 35.8. The summed E-state index contributed by atoms with van der Waals surface area (Å²) >= 11 is 0. The lowest BCUT2D eigenvalue weighted by atomic mass is 10.0. The van der Waals surface area contributed by atoms with E-state index in [1.165, 1.54) is 17.0 Å². The van der Waals surface area contributed by atoms with Gasteiger partial charge >= 0.3 is 0 Å². The number of carbonyl (C=O) groups excluding carboxylic acids is 2. The van der Waals surface area contributed by atoms with Gasteiger partial charge in [-0.05, 0) is 19.4 Å². The molecule has 0 aliphatic carbocycles. The Balaban J connectivity index is 2.35. The van der Waals surface area contributed by atoms with Crippen LogP contribution < -0.4 is 5.32 Å². The van der Waals surface area contributed by atoms with Crippen molar-refractivity contribution in [3.63, 3.8) is 0 Å². The molecule has 106 valence electrons. The van der Waals surface area contributed by atoms with Gasteiger partial charge in [-0.25, -0.2) is 0 Å². The maximum Gasteiger partial charge on any atom is 0.270 e. The minimum Gasteiger partial charge on any atom is -0.353 e. The van der Waals surface area contributed by atoms with Gasteiger partial charge in [0.2, 0.25) is 5.91 Å². The molecule has 1 N–H and O–H groups in total. The molecular weight excluding hydrogens is 262 g/mol. The molecule has 1 heterocycles. The molecule has 2 amide bonds. The molecule has 7 nitrogen and oxygen atoms in total. The van der Waals surface area contributed by atoms with Gasteiger partial charge in [0.15, 0.2) is 0 Å². The van der Waals surface area contributed by atoms with E-state index >= 15 is 0 Å². The van der Waals surface area contributed by atoms with Gasteiger partial charge in [-0.2, -0.15) is 0 Å². The van der Waals surface area contributed by atoms with Gasteiger partial charge in [0.05, 0.1) is 4.92 Å². The van der Waals surface area contributed by atoms with Crippen molar-refractivity contribution in [2.45, 2.75) is 19.9 Å². The molecule has 1 aromatic rings. The van der Waals surface area contributed by atoms with Crippen LogP contribution in [0.2, 0.25) is 0 Å². The highest BCUT2D eigenvalue weighted by Crippen LogP contribution is 2.20. The van der Waals surface area contributed by atoms with E-state index in [0.29, 0.717) is 18.7 Å². The molecule has 0 bridgehead atoms. The number of carbonyl (C=O) groups is 2. The average molecular weight is 277 g/mol. The average Bonchev–Trinajstić information content (AvgIpc) is 2.41. The summed E-state index contributed by atoms with van der Waals surface area (Å²) in [7, 11) is 0. The summed E-state index contributed by atoms with van der Waals surface area (Å²) in [6.07, 6.45) is 0. The van der Waals surface area contributed by atoms with Gasteiger partial charge < -0.3 is 10.2 Å². The van der Waals surface area contributed by atoms with Crippen molar-refractivity contribution >= 4 is 17.5 Å². The first kappa shape index (κ1) is 14.0. The van der Waals surface area contributed by atoms with E-state index in [4.69, 9.17) is 0 Å². The number of aryl methyl sites for hydroxylation is 1. The van der Waals surface area contributed by atoms with Crippen molar-refractivity contribution in [3.8, 4) is 0 Å². The van der Waals surface area contributed by atoms with Crippen LogP contribution in [0.3, 0.4) is 0 Å². The van der Waals surface area contributed by atoms with Crippen LogP contribution in [0, 0.1) is 17.0 Å². The monoisotopic (exact) mass is 277 g/mol. The number of non-ortho nitro benzene ring substituents is 1. The number of rotatable bonds is 2. The molecule has 0 spiro atoms. The molecule has 0 aromatic heterocycles. The normalized spacial score (nSPS) is 18.6. The molecule has 2 rings (SSSR count). The minimum absolute atomic E-state index is 0.131. The number of hydrogen-bond acceptors (Lipinski definition) is 4. The van der Waals surface area contributed by atoms with Crippen molar-refractivity contribution in [1.82, 2.24) is 10.2 Å². The highest BCUT2D eigenvalue weighted by molar-refractivity contribution is 5.99. The Kier molecular flexibility index (Phi) is 3.69. The van der Waals surface area contributed by atoms with E-state index < -0.39 is 11.0 Å². The van der Waals surface area contributed by atoms with Crippen LogP contribution in [0.4, 0.5) is 5.69 Å². The fourth-order valence-electron chi connectivity index (χ4n) is 2.17. The predicted octanol–water partition coefficient (Wildman–Crippen LogP) is 0.864. The third-order valence-corrected chi connectivity index (χ3v) is 3.42. The van der Waals surface area contributed by atoms with Crippen LogP contribution in [0.5, 0.6) is 0 Å². The van der Waals surface area contributed by atoms with Crippen molar-refractivity contribution in [3.05, 3.63) is 39.4 Å². The summed E-state index contributed by atoms with van der Waals surface area (Å²) in [5.41, 5.74) is 0.785. The smallest absolute Gasteiger partial charge is 0.270 e. The van der Waals surface area contributed by atoms with Gasteiger partial charge in [0, 0.05) is 30.8 Å². The first-order valence-corrected chi connectivity index (χ1v) is 6.25. The second-order valence-corrected chi connectivity index (χ2v) is 4.72. The number of benzene rings is 1. The molecule has 0 radical (unpaired) electrons. The molecule has 1 fully saturated rings. The fourth-order valence-corrected chi connectivity index (χ4v) is 2.17. The third kappa shape index (κ3) is 2.47. The van der Waals surface area contributed by atoms with Gasteiger partial charge in [0.1, 0.15) is 6.04 Å². The van der Waals surface area contributed by atoms with E-state index in [-0.39, 0.29) is 23.1 Å². The number of nitrogens with zero attached hydrogens (tertiary/aromatic N) is 2. The summed E-state index contributed by atoms with van der Waals surface area (Å²) in [5, 5.41) is 13.5. The molecule has 0 saturated carbocycles. The van der Waals surface area contributed by atoms with Crippen LogP contribution in [-0.2, 0) is 4.79 Å². The topological polar surface area (TPSA) is 92.6 Å². The largest absolute Gasteiger partial charge is 0.353 e. The summed E-state index contributed by atoms with van der Waals surface area (Å²) in [6.45, 7) is 4.14. The van der Waals surface area contributed by atoms with Crippen LogP contribution >= 0.6 is 0 Å². The number of amides is 2. The first-order chi connectivity index (χ1) is 9.41. The molecular formula is C13H15N3O4. The molecule has 1 saturated heterocycles. The van der Waals surface area contributed by atoms with Gasteiger partial charge in [0.25, 0.3) is 11.6 Å². The van der Waals surface area contributed by atoms with E-state index in [0.717, 1.165) is 0 Å². The number of nitrogens with one attached hydrogen (secondary N) is 1. The van der Waals surface area contributed by atoms with E-state index in [9.17, 15) is 19.7 Å². The summed E-state index contributed by atoms with van der Waals surface area (Å²) in [6, 6.07) is 3.59. The van der Waals surface area contributed by atoms with Gasteiger partial charge in [-0.1, -0.05) is 6.07 Å².